The van der Waals surface area contributed by atoms with Gasteiger partial charge < -0.3 is 14.2 Å². The number of unbranched alkanes of at least 4 members (excludes halogenated alkanes) is 23. The van der Waals surface area contributed by atoms with Crippen molar-refractivity contribution in [1.29, 1.82) is 0 Å². The highest BCUT2D eigenvalue weighted by Gasteiger charge is 2.19. The third-order valence-electron chi connectivity index (χ3n) is 12.2. The molecule has 71 heavy (non-hydrogen) atoms. The minimum absolute atomic E-state index is 0.124. The van der Waals surface area contributed by atoms with Crippen LogP contribution in [0.5, 0.6) is 0 Å². The van der Waals surface area contributed by atoms with Gasteiger partial charge >= 0.3 is 17.9 Å². The fraction of sp³-hybridized carbons (Fsp3) is 0.677. The average molecular weight is 986 g/mol. The van der Waals surface area contributed by atoms with E-state index in [2.05, 4.69) is 124 Å². The molecule has 0 saturated carbocycles. The van der Waals surface area contributed by atoms with Gasteiger partial charge in [0.05, 0.1) is 0 Å². The van der Waals surface area contributed by atoms with Crippen LogP contribution < -0.4 is 0 Å². The van der Waals surface area contributed by atoms with Gasteiger partial charge in [-0.25, -0.2) is 0 Å². The first-order valence-electron chi connectivity index (χ1n) is 29.4. The van der Waals surface area contributed by atoms with E-state index < -0.39 is 6.10 Å². The number of esters is 3. The Labute approximate surface area is 438 Å². The van der Waals surface area contributed by atoms with E-state index >= 15 is 0 Å². The third kappa shape index (κ3) is 56.9. The summed E-state index contributed by atoms with van der Waals surface area (Å²) < 4.78 is 16.8. The molecule has 0 saturated heterocycles. The van der Waals surface area contributed by atoms with E-state index in [1.54, 1.807) is 0 Å². The van der Waals surface area contributed by atoms with Gasteiger partial charge in [-0.05, 0) is 116 Å². The van der Waals surface area contributed by atoms with Crippen molar-refractivity contribution in [3.8, 4) is 0 Å². The lowest BCUT2D eigenvalue weighted by molar-refractivity contribution is -0.166. The van der Waals surface area contributed by atoms with Crippen molar-refractivity contribution in [1.82, 2.24) is 0 Å². The van der Waals surface area contributed by atoms with Crippen LogP contribution in [0.25, 0.3) is 0 Å². The minimum Gasteiger partial charge on any atom is -0.462 e. The van der Waals surface area contributed by atoms with Crippen LogP contribution in [0.1, 0.15) is 265 Å². The van der Waals surface area contributed by atoms with Gasteiger partial charge in [-0.1, -0.05) is 239 Å². The van der Waals surface area contributed by atoms with Gasteiger partial charge in [0.15, 0.2) is 6.10 Å². The smallest absolute Gasteiger partial charge is 0.306 e. The highest BCUT2D eigenvalue weighted by Crippen LogP contribution is 2.13. The van der Waals surface area contributed by atoms with E-state index in [1.165, 1.54) is 148 Å². The predicted octanol–water partition coefficient (Wildman–Crippen LogP) is 19.9. The molecule has 404 valence electrons. The summed E-state index contributed by atoms with van der Waals surface area (Å²) in [4.78, 5) is 38.1. The summed E-state index contributed by atoms with van der Waals surface area (Å²) in [5.74, 6) is -1.07. The topological polar surface area (TPSA) is 78.9 Å². The van der Waals surface area contributed by atoms with E-state index in [-0.39, 0.29) is 44.0 Å². The molecule has 0 spiro atoms. The molecule has 0 aromatic rings. The fourth-order valence-corrected chi connectivity index (χ4v) is 7.79. The first-order chi connectivity index (χ1) is 35.0. The van der Waals surface area contributed by atoms with Crippen molar-refractivity contribution in [2.75, 3.05) is 13.2 Å². The second-order valence-corrected chi connectivity index (χ2v) is 19.2. The highest BCUT2D eigenvalue weighted by atomic mass is 16.6. The summed E-state index contributed by atoms with van der Waals surface area (Å²) in [5.41, 5.74) is 0. The van der Waals surface area contributed by atoms with Crippen molar-refractivity contribution in [3.05, 3.63) is 109 Å². The van der Waals surface area contributed by atoms with Crippen molar-refractivity contribution < 1.29 is 28.6 Å². The van der Waals surface area contributed by atoms with Gasteiger partial charge in [-0.2, -0.15) is 0 Å². The Hall–Kier alpha value is -3.93. The van der Waals surface area contributed by atoms with Crippen LogP contribution in [-0.2, 0) is 28.6 Å². The first-order valence-corrected chi connectivity index (χ1v) is 29.4. The standard InChI is InChI=1S/C65H108O6/c1-4-7-10-13-16-19-22-25-28-31-32-35-37-40-43-46-49-52-55-58-64(67)70-61-62(71-65(68)59-56-53-50-47-44-41-38-34-30-27-24-21-18-15-12-9-6-3)60-69-63(66)57-54-51-48-45-42-39-36-33-29-26-23-20-17-14-11-8-5-2/h16,19,25-30,32,35,38,40-41,43,47,49-50,52,62H,4-15,17-18,20-24,31,33-34,36-37,39,42,44-46,48,51,53-61H2,1-3H3/b19-16-,28-25-,29-26-,30-27-,35-32-,41-38-,43-40-,50-47-,52-49-/t62-/m0/s1. The Kier molecular flexibility index (Phi) is 55.4. The van der Waals surface area contributed by atoms with Gasteiger partial charge in [-0.15, -0.1) is 0 Å². The fourth-order valence-electron chi connectivity index (χ4n) is 7.79. The van der Waals surface area contributed by atoms with Gasteiger partial charge in [0.2, 0.25) is 0 Å². The molecular weight excluding hydrogens is 877 g/mol. The molecule has 0 unspecified atom stereocenters. The first kappa shape index (κ1) is 67.1. The van der Waals surface area contributed by atoms with Gasteiger partial charge in [-0.3, -0.25) is 14.4 Å². The Bertz CT molecular complexity index is 1460. The monoisotopic (exact) mass is 985 g/mol. The average Bonchev–Trinajstić information content (AvgIpc) is 3.37. The zero-order valence-corrected chi connectivity index (χ0v) is 46.2. The van der Waals surface area contributed by atoms with E-state index in [4.69, 9.17) is 14.2 Å². The summed E-state index contributed by atoms with van der Waals surface area (Å²) in [6.07, 6.45) is 79.5. The molecule has 6 nitrogen and oxygen atoms in total. The van der Waals surface area contributed by atoms with E-state index in [1.807, 2.05) is 6.08 Å². The zero-order valence-electron chi connectivity index (χ0n) is 46.2. The largest absolute Gasteiger partial charge is 0.462 e. The van der Waals surface area contributed by atoms with Gasteiger partial charge in [0.25, 0.3) is 0 Å². The summed E-state index contributed by atoms with van der Waals surface area (Å²) >= 11 is 0. The number of allylic oxidation sites excluding steroid dienone is 18. The second kappa shape index (κ2) is 58.6. The Morgan fingerprint density at radius 2 is 0.549 bits per heavy atom. The summed E-state index contributed by atoms with van der Waals surface area (Å²) in [6, 6.07) is 0. The molecule has 0 aliphatic carbocycles. The lowest BCUT2D eigenvalue weighted by atomic mass is 10.1. The molecular formula is C65H108O6. The number of hydrogen-bond donors (Lipinski definition) is 0. The van der Waals surface area contributed by atoms with Crippen LogP contribution in [0.3, 0.4) is 0 Å². The van der Waals surface area contributed by atoms with Crippen LogP contribution in [0, 0.1) is 0 Å². The van der Waals surface area contributed by atoms with Crippen LogP contribution in [0.4, 0.5) is 0 Å². The lowest BCUT2D eigenvalue weighted by Gasteiger charge is -2.18. The number of ether oxygens (including phenoxy) is 3. The van der Waals surface area contributed by atoms with Crippen LogP contribution in [0.2, 0.25) is 0 Å². The molecule has 0 aromatic heterocycles. The quantitative estimate of drug-likeness (QED) is 0.0261. The number of carbonyl (C=O) groups is 3. The molecule has 0 N–H and O–H groups in total. The van der Waals surface area contributed by atoms with Crippen molar-refractivity contribution in [3.63, 3.8) is 0 Å². The Morgan fingerprint density at radius 1 is 0.282 bits per heavy atom. The van der Waals surface area contributed by atoms with Crippen LogP contribution in [-0.4, -0.2) is 37.2 Å². The maximum atomic E-state index is 12.8. The molecule has 0 aliphatic heterocycles. The van der Waals surface area contributed by atoms with Crippen molar-refractivity contribution >= 4 is 17.9 Å². The Morgan fingerprint density at radius 3 is 0.958 bits per heavy atom. The molecule has 0 aromatic carbocycles. The summed E-state index contributed by atoms with van der Waals surface area (Å²) in [7, 11) is 0. The molecule has 0 heterocycles. The Balaban J connectivity index is 4.58. The predicted molar refractivity (Wildman–Crippen MR) is 307 cm³/mol. The highest BCUT2D eigenvalue weighted by molar-refractivity contribution is 5.71. The van der Waals surface area contributed by atoms with E-state index in [9.17, 15) is 14.4 Å². The number of hydrogen-bond acceptors (Lipinski definition) is 6. The number of rotatable bonds is 52. The molecule has 1 atom stereocenters. The van der Waals surface area contributed by atoms with Crippen LogP contribution >= 0.6 is 0 Å². The van der Waals surface area contributed by atoms with E-state index in [0.29, 0.717) is 19.3 Å². The zero-order chi connectivity index (χ0) is 51.4. The maximum absolute atomic E-state index is 12.8. The molecule has 0 fully saturated rings. The third-order valence-corrected chi connectivity index (χ3v) is 12.2. The maximum Gasteiger partial charge on any atom is 0.306 e. The number of carbonyl (C=O) groups excluding carboxylic acids is 3. The summed E-state index contributed by atoms with van der Waals surface area (Å²) in [6.45, 7) is 6.50. The normalized spacial score (nSPS) is 12.9. The summed E-state index contributed by atoms with van der Waals surface area (Å²) in [5, 5.41) is 0. The van der Waals surface area contributed by atoms with Gasteiger partial charge in [0, 0.05) is 19.3 Å². The second-order valence-electron chi connectivity index (χ2n) is 19.2. The van der Waals surface area contributed by atoms with Crippen LogP contribution in [0.15, 0.2) is 109 Å². The van der Waals surface area contributed by atoms with Gasteiger partial charge in [0.1, 0.15) is 13.2 Å². The molecule has 0 bridgehead atoms. The van der Waals surface area contributed by atoms with E-state index in [0.717, 1.165) is 64.2 Å². The molecule has 6 heteroatoms. The molecule has 0 rings (SSSR count). The molecule has 0 aliphatic rings. The lowest BCUT2D eigenvalue weighted by Crippen LogP contribution is -2.30. The van der Waals surface area contributed by atoms with Crippen molar-refractivity contribution in [2.24, 2.45) is 0 Å². The minimum atomic E-state index is -0.839. The van der Waals surface area contributed by atoms with Crippen molar-refractivity contribution in [2.45, 2.75) is 271 Å². The molecule has 0 radical (unpaired) electrons. The molecule has 0 amide bonds. The SMILES string of the molecule is CCCCC/C=C\C/C=C\C/C=C\C/C=C\C/C=C\CCC(=O)OC[C@H](COC(=O)CCCCCCCCC/C=C\CCCCCCCC)OC(=O)CCC/C=C\C/C=C\C/C=C\CCCCCCCC.